The number of hydrogen-bond donors (Lipinski definition) is 1. The van der Waals surface area contributed by atoms with Gasteiger partial charge in [0.2, 0.25) is 5.13 Å². The van der Waals surface area contributed by atoms with Crippen LogP contribution in [0.4, 0.5) is 5.13 Å². The number of aryl methyl sites for hydroxylation is 2. The Bertz CT molecular complexity index is 809. The van der Waals surface area contributed by atoms with Crippen LogP contribution in [0, 0.1) is 13.8 Å². The standard InChI is InChI=1S/C13H10ClN3O2S/c1-6-9-5-8(14)3-4-10(9)19-11(6)12(18)16-13-15-7(2)17-20-13/h3-5H,1-2H3,(H,15,16,17,18). The molecule has 7 heteroatoms. The van der Waals surface area contributed by atoms with Crippen LogP contribution in [0.2, 0.25) is 5.02 Å². The van der Waals surface area contributed by atoms with Crippen molar-refractivity contribution in [2.75, 3.05) is 5.32 Å². The molecule has 5 nitrogen and oxygen atoms in total. The lowest BCUT2D eigenvalue weighted by Crippen LogP contribution is -2.11. The Balaban J connectivity index is 1.97. The molecule has 0 spiro atoms. The molecule has 0 unspecified atom stereocenters. The summed E-state index contributed by atoms with van der Waals surface area (Å²) in [5.41, 5.74) is 1.38. The number of aromatic nitrogens is 2. The Hall–Kier alpha value is -1.92. The zero-order valence-corrected chi connectivity index (χ0v) is 12.3. The number of carbonyl (C=O) groups excluding carboxylic acids is 1. The number of nitrogens with zero attached hydrogens (tertiary/aromatic N) is 2. The van der Waals surface area contributed by atoms with Gasteiger partial charge in [-0.1, -0.05) is 11.6 Å². The molecule has 2 heterocycles. The predicted molar refractivity (Wildman–Crippen MR) is 78.6 cm³/mol. The van der Waals surface area contributed by atoms with Crippen LogP contribution in [0.25, 0.3) is 11.0 Å². The van der Waals surface area contributed by atoms with E-state index < -0.39 is 0 Å². The summed E-state index contributed by atoms with van der Waals surface area (Å²) in [7, 11) is 0. The van der Waals surface area contributed by atoms with Crippen LogP contribution in [0.15, 0.2) is 22.6 Å². The van der Waals surface area contributed by atoms with Crippen molar-refractivity contribution in [3.05, 3.63) is 40.4 Å². The first kappa shape index (κ1) is 13.1. The summed E-state index contributed by atoms with van der Waals surface area (Å²) in [5.74, 6) is 0.541. The van der Waals surface area contributed by atoms with Crippen LogP contribution >= 0.6 is 23.1 Å². The second-order valence-corrected chi connectivity index (χ2v) is 5.49. The highest BCUT2D eigenvalue weighted by Gasteiger charge is 2.19. The van der Waals surface area contributed by atoms with Crippen LogP contribution in [-0.4, -0.2) is 15.3 Å². The lowest BCUT2D eigenvalue weighted by atomic mass is 10.1. The molecule has 0 aliphatic carbocycles. The Kier molecular flexibility index (Phi) is 3.19. The largest absolute Gasteiger partial charge is 0.451 e. The number of amides is 1. The number of furan rings is 1. The lowest BCUT2D eigenvalue weighted by molar-refractivity contribution is 0.0998. The van der Waals surface area contributed by atoms with Gasteiger partial charge >= 0.3 is 0 Å². The van der Waals surface area contributed by atoms with Crippen molar-refractivity contribution in [3.63, 3.8) is 0 Å². The number of carbonyl (C=O) groups is 1. The number of nitrogens with one attached hydrogen (secondary N) is 1. The van der Waals surface area contributed by atoms with E-state index in [9.17, 15) is 4.79 Å². The second-order valence-electron chi connectivity index (χ2n) is 4.30. The van der Waals surface area contributed by atoms with E-state index >= 15 is 0 Å². The third-order valence-corrected chi connectivity index (χ3v) is 3.81. The van der Waals surface area contributed by atoms with Crippen molar-refractivity contribution in [2.45, 2.75) is 13.8 Å². The summed E-state index contributed by atoms with van der Waals surface area (Å²) >= 11 is 7.09. The fraction of sp³-hybridized carbons (Fsp3) is 0.154. The highest BCUT2D eigenvalue weighted by molar-refractivity contribution is 7.09. The van der Waals surface area contributed by atoms with Gasteiger partial charge in [0, 0.05) is 27.5 Å². The molecule has 1 N–H and O–H groups in total. The second kappa shape index (κ2) is 4.88. The van der Waals surface area contributed by atoms with E-state index in [0.717, 1.165) is 22.5 Å². The first-order valence-corrected chi connectivity index (χ1v) is 7.00. The molecule has 0 bridgehead atoms. The average Bonchev–Trinajstić information content (AvgIpc) is 2.94. The maximum Gasteiger partial charge on any atom is 0.293 e. The number of anilines is 1. The minimum atomic E-state index is -0.342. The summed E-state index contributed by atoms with van der Waals surface area (Å²) in [6, 6.07) is 5.25. The number of rotatable bonds is 2. The van der Waals surface area contributed by atoms with E-state index in [4.69, 9.17) is 16.0 Å². The molecule has 2 aromatic heterocycles. The monoisotopic (exact) mass is 307 g/mol. The van der Waals surface area contributed by atoms with Gasteiger partial charge in [-0.15, -0.1) is 0 Å². The molecular weight excluding hydrogens is 298 g/mol. The van der Waals surface area contributed by atoms with Crippen molar-refractivity contribution in [1.29, 1.82) is 0 Å². The zero-order chi connectivity index (χ0) is 14.3. The molecular formula is C13H10ClN3O2S. The molecule has 0 saturated heterocycles. The number of halogens is 1. The van der Waals surface area contributed by atoms with Gasteiger partial charge in [0.15, 0.2) is 5.76 Å². The molecule has 3 aromatic rings. The highest BCUT2D eigenvalue weighted by Crippen LogP contribution is 2.28. The molecule has 0 aliphatic heterocycles. The van der Waals surface area contributed by atoms with E-state index in [1.165, 1.54) is 0 Å². The molecule has 102 valence electrons. The van der Waals surface area contributed by atoms with Gasteiger partial charge in [-0.3, -0.25) is 10.1 Å². The predicted octanol–water partition coefficient (Wildman–Crippen LogP) is 3.81. The maximum atomic E-state index is 12.2. The smallest absolute Gasteiger partial charge is 0.293 e. The number of hydrogen-bond acceptors (Lipinski definition) is 5. The van der Waals surface area contributed by atoms with Gasteiger partial charge in [0.25, 0.3) is 5.91 Å². The SMILES string of the molecule is Cc1nsc(NC(=O)c2oc3ccc(Cl)cc3c2C)n1. The third kappa shape index (κ3) is 2.28. The molecule has 0 saturated carbocycles. The Labute approximate surface area is 123 Å². The topological polar surface area (TPSA) is 68.0 Å². The molecule has 1 aromatic carbocycles. The maximum absolute atomic E-state index is 12.2. The van der Waals surface area contributed by atoms with E-state index in [2.05, 4.69) is 14.7 Å². The van der Waals surface area contributed by atoms with Crippen molar-refractivity contribution < 1.29 is 9.21 Å². The molecule has 1 amide bonds. The normalized spacial score (nSPS) is 10.9. The van der Waals surface area contributed by atoms with E-state index in [1.807, 2.05) is 6.92 Å². The summed E-state index contributed by atoms with van der Waals surface area (Å²) in [4.78, 5) is 16.3. The van der Waals surface area contributed by atoms with Crippen molar-refractivity contribution in [2.24, 2.45) is 0 Å². The first-order valence-electron chi connectivity index (χ1n) is 5.85. The van der Waals surface area contributed by atoms with Gasteiger partial charge < -0.3 is 4.42 Å². The van der Waals surface area contributed by atoms with Gasteiger partial charge in [-0.25, -0.2) is 4.98 Å². The average molecular weight is 308 g/mol. The summed E-state index contributed by atoms with van der Waals surface area (Å²) < 4.78 is 9.59. The minimum absolute atomic E-state index is 0.259. The first-order chi connectivity index (χ1) is 9.54. The van der Waals surface area contributed by atoms with E-state index in [-0.39, 0.29) is 11.7 Å². The van der Waals surface area contributed by atoms with Crippen LogP contribution in [0.5, 0.6) is 0 Å². The summed E-state index contributed by atoms with van der Waals surface area (Å²) in [6.45, 7) is 3.59. The fourth-order valence-corrected chi connectivity index (χ4v) is 2.65. The molecule has 0 fully saturated rings. The molecule has 3 rings (SSSR count). The minimum Gasteiger partial charge on any atom is -0.451 e. The number of benzene rings is 1. The van der Waals surface area contributed by atoms with Crippen molar-refractivity contribution in [3.8, 4) is 0 Å². The van der Waals surface area contributed by atoms with Crippen LogP contribution in [0.1, 0.15) is 21.9 Å². The van der Waals surface area contributed by atoms with Crippen LogP contribution < -0.4 is 5.32 Å². The van der Waals surface area contributed by atoms with Gasteiger partial charge in [-0.05, 0) is 32.0 Å². The molecule has 0 radical (unpaired) electrons. The highest BCUT2D eigenvalue weighted by atomic mass is 35.5. The van der Waals surface area contributed by atoms with Crippen molar-refractivity contribution in [1.82, 2.24) is 9.36 Å². The van der Waals surface area contributed by atoms with Crippen LogP contribution in [-0.2, 0) is 0 Å². The van der Waals surface area contributed by atoms with Gasteiger partial charge in [-0.2, -0.15) is 4.37 Å². The Morgan fingerprint density at radius 3 is 2.90 bits per heavy atom. The lowest BCUT2D eigenvalue weighted by Gasteiger charge is -1.98. The Morgan fingerprint density at radius 2 is 2.20 bits per heavy atom. The Morgan fingerprint density at radius 1 is 1.40 bits per heavy atom. The van der Waals surface area contributed by atoms with Crippen molar-refractivity contribution >= 4 is 45.1 Å². The summed E-state index contributed by atoms with van der Waals surface area (Å²) in [6.07, 6.45) is 0. The zero-order valence-electron chi connectivity index (χ0n) is 10.7. The molecule has 0 atom stereocenters. The molecule has 20 heavy (non-hydrogen) atoms. The van der Waals surface area contributed by atoms with Gasteiger partial charge in [0.1, 0.15) is 11.4 Å². The number of fused-ring (bicyclic) bond motifs is 1. The quantitative estimate of drug-likeness (QED) is 0.781. The van der Waals surface area contributed by atoms with Gasteiger partial charge in [0.05, 0.1) is 0 Å². The summed E-state index contributed by atoms with van der Waals surface area (Å²) in [5, 5.41) is 4.56. The molecule has 0 aliphatic rings. The third-order valence-electron chi connectivity index (χ3n) is 2.85. The van der Waals surface area contributed by atoms with Crippen LogP contribution in [0.3, 0.4) is 0 Å². The van der Waals surface area contributed by atoms with E-state index in [1.54, 1.807) is 25.1 Å². The van der Waals surface area contributed by atoms with E-state index in [0.29, 0.717) is 21.6 Å². The fourth-order valence-electron chi connectivity index (χ4n) is 1.91.